The fraction of sp³-hybridized carbons (Fsp3) is 0.406. The number of rotatable bonds is 19. The zero-order chi connectivity index (χ0) is 29.2. The van der Waals surface area contributed by atoms with Crippen LogP contribution >= 0.6 is 0 Å². The molecule has 3 N–H and O–H groups in total. The molecule has 0 radical (unpaired) electrons. The smallest absolute Gasteiger partial charge is 0.309 e. The summed E-state index contributed by atoms with van der Waals surface area (Å²) in [5.74, 6) is -2.19. The molecule has 40 heavy (non-hydrogen) atoms. The molecule has 216 valence electrons. The van der Waals surface area contributed by atoms with Crippen molar-refractivity contribution in [3.8, 4) is 0 Å². The summed E-state index contributed by atoms with van der Waals surface area (Å²) in [6.07, 6.45) is 4.45. The average molecular weight is 551 g/mol. The highest BCUT2D eigenvalue weighted by Gasteiger charge is 2.26. The summed E-state index contributed by atoms with van der Waals surface area (Å²) in [7, 11) is 0. The molecule has 0 aliphatic carbocycles. The Bertz CT molecular complexity index is 1060. The molecule has 0 aromatic heterocycles. The highest BCUT2D eigenvalue weighted by molar-refractivity contribution is 5.86. The van der Waals surface area contributed by atoms with Gasteiger partial charge in [-0.15, -0.1) is 13.2 Å². The maximum Gasteiger partial charge on any atom is 0.309 e. The van der Waals surface area contributed by atoms with E-state index in [1.807, 2.05) is 60.7 Å². The average Bonchev–Trinajstić information content (AvgIpc) is 2.96. The minimum Gasteiger partial charge on any atom is -0.463 e. The molecular formula is C32H42N2O6. The Morgan fingerprint density at radius 1 is 0.875 bits per heavy atom. The fourth-order valence-electron chi connectivity index (χ4n) is 4.09. The quantitative estimate of drug-likeness (QED) is 0.181. The zero-order valence-electron chi connectivity index (χ0n) is 23.3. The van der Waals surface area contributed by atoms with Crippen molar-refractivity contribution >= 4 is 17.8 Å². The first-order chi connectivity index (χ1) is 19.4. The number of esters is 1. The lowest BCUT2D eigenvalue weighted by Gasteiger charge is -2.23. The summed E-state index contributed by atoms with van der Waals surface area (Å²) in [6, 6.07) is 18.2. The standard InChI is InChI=1S/C32H42N2O6/c1-4-12-27(19-30(36)33-24(3)20-35)31(37)34-29(22-39-21-26-16-10-7-11-17-26)23-40-32(38)28(13-5-2)18-25-14-8-6-9-15-25/h4-11,14-17,24,27-29,35H,1-2,12-13,18-23H2,3H3,(H,33,36)(H,34,37)/t24-,27+,28-,29-/m0/s1. The second-order valence-corrected chi connectivity index (χ2v) is 9.82. The largest absolute Gasteiger partial charge is 0.463 e. The molecule has 8 heteroatoms. The van der Waals surface area contributed by atoms with Gasteiger partial charge in [-0.3, -0.25) is 14.4 Å². The van der Waals surface area contributed by atoms with Gasteiger partial charge in [-0.1, -0.05) is 72.8 Å². The molecule has 2 aromatic carbocycles. The summed E-state index contributed by atoms with van der Waals surface area (Å²) < 4.78 is 11.5. The Balaban J connectivity index is 2.06. The van der Waals surface area contributed by atoms with Gasteiger partial charge >= 0.3 is 5.97 Å². The third-order valence-electron chi connectivity index (χ3n) is 6.25. The summed E-state index contributed by atoms with van der Waals surface area (Å²) in [5, 5.41) is 14.8. The summed E-state index contributed by atoms with van der Waals surface area (Å²) in [6.45, 7) is 9.29. The van der Waals surface area contributed by atoms with Gasteiger partial charge in [0.2, 0.25) is 11.8 Å². The molecule has 0 aliphatic rings. The highest BCUT2D eigenvalue weighted by atomic mass is 16.5. The van der Waals surface area contributed by atoms with Gasteiger partial charge in [0.05, 0.1) is 37.7 Å². The minimum atomic E-state index is -0.678. The van der Waals surface area contributed by atoms with E-state index in [1.165, 1.54) is 0 Å². The molecule has 0 aliphatic heterocycles. The number of nitrogens with one attached hydrogen (secondary N) is 2. The molecule has 0 saturated heterocycles. The van der Waals surface area contributed by atoms with Crippen molar-refractivity contribution in [2.75, 3.05) is 19.8 Å². The second-order valence-electron chi connectivity index (χ2n) is 9.82. The first kappa shape index (κ1) is 32.5. The number of amides is 2. The molecular weight excluding hydrogens is 508 g/mol. The monoisotopic (exact) mass is 550 g/mol. The van der Waals surface area contributed by atoms with E-state index in [0.717, 1.165) is 11.1 Å². The van der Waals surface area contributed by atoms with Crippen molar-refractivity contribution in [1.82, 2.24) is 10.6 Å². The number of ether oxygens (including phenoxy) is 2. The molecule has 0 saturated carbocycles. The Morgan fingerprint density at radius 3 is 2.08 bits per heavy atom. The molecule has 2 rings (SSSR count). The van der Waals surface area contributed by atoms with Crippen LogP contribution in [0.3, 0.4) is 0 Å². The molecule has 2 amide bonds. The number of aliphatic hydroxyl groups is 1. The number of carbonyl (C=O) groups excluding carboxylic acids is 3. The van der Waals surface area contributed by atoms with Crippen molar-refractivity contribution in [3.05, 3.63) is 97.1 Å². The van der Waals surface area contributed by atoms with Gasteiger partial charge in [-0.25, -0.2) is 0 Å². The topological polar surface area (TPSA) is 114 Å². The van der Waals surface area contributed by atoms with E-state index in [9.17, 15) is 19.5 Å². The van der Waals surface area contributed by atoms with Crippen LogP contribution in [0.1, 0.15) is 37.3 Å². The van der Waals surface area contributed by atoms with Gasteiger partial charge in [0.25, 0.3) is 0 Å². The predicted octanol–water partition coefficient (Wildman–Crippen LogP) is 3.75. The Labute approximate surface area is 237 Å². The van der Waals surface area contributed by atoms with Crippen molar-refractivity contribution < 1.29 is 29.0 Å². The summed E-state index contributed by atoms with van der Waals surface area (Å²) in [5.41, 5.74) is 1.99. The van der Waals surface area contributed by atoms with Gasteiger partial charge in [0.15, 0.2) is 0 Å². The maximum atomic E-state index is 13.2. The van der Waals surface area contributed by atoms with Crippen LogP contribution in [-0.4, -0.2) is 54.8 Å². The van der Waals surface area contributed by atoms with Gasteiger partial charge in [0, 0.05) is 12.5 Å². The Kier molecular flexibility index (Phi) is 15.0. The lowest BCUT2D eigenvalue weighted by molar-refractivity contribution is -0.150. The maximum absolute atomic E-state index is 13.2. The highest BCUT2D eigenvalue weighted by Crippen LogP contribution is 2.16. The van der Waals surface area contributed by atoms with Crippen molar-refractivity contribution in [2.24, 2.45) is 11.8 Å². The van der Waals surface area contributed by atoms with Crippen LogP contribution in [0.15, 0.2) is 86.0 Å². The molecule has 0 spiro atoms. The van der Waals surface area contributed by atoms with E-state index >= 15 is 0 Å². The van der Waals surface area contributed by atoms with Crippen LogP contribution in [0.2, 0.25) is 0 Å². The van der Waals surface area contributed by atoms with Crippen molar-refractivity contribution in [3.63, 3.8) is 0 Å². The normalized spacial score (nSPS) is 13.8. The molecule has 0 fully saturated rings. The van der Waals surface area contributed by atoms with Crippen LogP contribution in [0, 0.1) is 11.8 Å². The molecule has 4 atom stereocenters. The molecule has 8 nitrogen and oxygen atoms in total. The van der Waals surface area contributed by atoms with Gasteiger partial charge in [0.1, 0.15) is 6.61 Å². The summed E-state index contributed by atoms with van der Waals surface area (Å²) >= 11 is 0. The van der Waals surface area contributed by atoms with Crippen molar-refractivity contribution in [1.29, 1.82) is 0 Å². The van der Waals surface area contributed by atoms with Crippen LogP contribution < -0.4 is 10.6 Å². The number of carbonyl (C=O) groups is 3. The Morgan fingerprint density at radius 2 is 1.48 bits per heavy atom. The SMILES string of the molecule is C=CC[C@H](CC(=O)N[C@@H](C)CO)C(=O)N[C@@H](COCc1ccccc1)COC(=O)[C@@H](CC=C)Cc1ccccc1. The van der Waals surface area contributed by atoms with Gasteiger partial charge in [-0.05, 0) is 37.3 Å². The molecule has 0 bridgehead atoms. The third kappa shape index (κ3) is 12.4. The lowest BCUT2D eigenvalue weighted by atomic mass is 9.96. The molecule has 0 heterocycles. The Hall–Kier alpha value is -3.75. The molecule has 0 unspecified atom stereocenters. The predicted molar refractivity (Wildman–Crippen MR) is 155 cm³/mol. The fourth-order valence-corrected chi connectivity index (χ4v) is 4.09. The summed E-state index contributed by atoms with van der Waals surface area (Å²) in [4.78, 5) is 38.6. The van der Waals surface area contributed by atoms with Crippen molar-refractivity contribution in [2.45, 2.75) is 51.3 Å². The van der Waals surface area contributed by atoms with E-state index < -0.39 is 23.9 Å². The number of allylic oxidation sites excluding steroid dienone is 2. The molecule has 2 aromatic rings. The third-order valence-corrected chi connectivity index (χ3v) is 6.25. The van der Waals surface area contributed by atoms with Gasteiger partial charge < -0.3 is 25.2 Å². The first-order valence-corrected chi connectivity index (χ1v) is 13.6. The zero-order valence-corrected chi connectivity index (χ0v) is 23.3. The van der Waals surface area contributed by atoms with Gasteiger partial charge in [-0.2, -0.15) is 0 Å². The van der Waals surface area contributed by atoms with E-state index in [1.54, 1.807) is 19.1 Å². The number of hydrogen-bond donors (Lipinski definition) is 3. The van der Waals surface area contributed by atoms with Crippen LogP contribution in [0.4, 0.5) is 0 Å². The van der Waals surface area contributed by atoms with E-state index in [4.69, 9.17) is 9.47 Å². The van der Waals surface area contributed by atoms with E-state index in [0.29, 0.717) is 19.4 Å². The second kappa shape index (κ2) is 18.5. The number of aliphatic hydroxyl groups excluding tert-OH is 1. The number of hydrogen-bond acceptors (Lipinski definition) is 6. The number of benzene rings is 2. The minimum absolute atomic E-state index is 0.0714. The van der Waals surface area contributed by atoms with Crippen LogP contribution in [0.5, 0.6) is 0 Å². The first-order valence-electron chi connectivity index (χ1n) is 13.6. The van der Waals surface area contributed by atoms with Crippen LogP contribution in [-0.2, 0) is 36.9 Å². The lowest BCUT2D eigenvalue weighted by Crippen LogP contribution is -2.46. The van der Waals surface area contributed by atoms with Crippen LogP contribution in [0.25, 0.3) is 0 Å². The van der Waals surface area contributed by atoms with E-state index in [-0.39, 0.29) is 50.4 Å². The van der Waals surface area contributed by atoms with E-state index in [2.05, 4.69) is 23.8 Å².